The van der Waals surface area contributed by atoms with E-state index in [1.54, 1.807) is 0 Å². The van der Waals surface area contributed by atoms with E-state index in [-0.39, 0.29) is 23.4 Å². The molecule has 0 aromatic carbocycles. The maximum atomic E-state index is 12.1. The van der Waals surface area contributed by atoms with E-state index in [4.69, 9.17) is 10.5 Å². The number of nitrogens with zero attached hydrogens (tertiary/aromatic N) is 1. The summed E-state index contributed by atoms with van der Waals surface area (Å²) < 4.78 is 33.0. The Morgan fingerprint density at radius 2 is 2.10 bits per heavy atom. The maximum Gasteiger partial charge on any atom is 0.244 e. The van der Waals surface area contributed by atoms with E-state index in [0.717, 1.165) is 12.8 Å². The van der Waals surface area contributed by atoms with Gasteiger partial charge in [-0.3, -0.25) is 0 Å². The number of rotatable bonds is 6. The molecule has 8 heteroatoms. The second-order valence-electron chi connectivity index (χ2n) is 5.07. The van der Waals surface area contributed by atoms with Gasteiger partial charge in [0.25, 0.3) is 0 Å². The molecule has 1 aromatic rings. The van der Waals surface area contributed by atoms with Crippen LogP contribution in [0.5, 0.6) is 0 Å². The fourth-order valence-corrected chi connectivity index (χ4v) is 3.96. The van der Waals surface area contributed by atoms with Gasteiger partial charge in [0, 0.05) is 17.2 Å². The van der Waals surface area contributed by atoms with Crippen molar-refractivity contribution in [2.45, 2.75) is 43.1 Å². The zero-order chi connectivity index (χ0) is 15.3. The van der Waals surface area contributed by atoms with Gasteiger partial charge >= 0.3 is 0 Å². The van der Waals surface area contributed by atoms with Crippen molar-refractivity contribution in [2.75, 3.05) is 18.9 Å². The lowest BCUT2D eigenvalue weighted by atomic mass is 9.98. The number of halogens is 1. The summed E-state index contributed by atoms with van der Waals surface area (Å²) in [5, 5.41) is 0. The summed E-state index contributed by atoms with van der Waals surface area (Å²) >= 11 is 3.19. The highest BCUT2D eigenvalue weighted by atomic mass is 79.9. The van der Waals surface area contributed by atoms with Crippen LogP contribution in [0.15, 0.2) is 21.6 Å². The number of sulfonamides is 1. The van der Waals surface area contributed by atoms with Crippen LogP contribution in [-0.2, 0) is 14.8 Å². The third-order valence-electron chi connectivity index (χ3n) is 3.44. The van der Waals surface area contributed by atoms with Crippen LogP contribution in [0, 0.1) is 0 Å². The molecule has 1 aliphatic carbocycles. The van der Waals surface area contributed by atoms with Crippen molar-refractivity contribution in [2.24, 2.45) is 0 Å². The minimum Gasteiger partial charge on any atom is -0.383 e. The van der Waals surface area contributed by atoms with Gasteiger partial charge in [-0.1, -0.05) is 19.3 Å². The lowest BCUT2D eigenvalue weighted by Crippen LogP contribution is -2.30. The number of aromatic nitrogens is 1. The van der Waals surface area contributed by atoms with Gasteiger partial charge in [-0.25, -0.2) is 18.1 Å². The number of anilines is 1. The summed E-state index contributed by atoms with van der Waals surface area (Å²) in [7, 11) is -3.66. The van der Waals surface area contributed by atoms with Crippen LogP contribution in [0.2, 0.25) is 0 Å². The molecule has 1 fully saturated rings. The molecular weight excluding hydrogens is 358 g/mol. The Morgan fingerprint density at radius 1 is 1.38 bits per heavy atom. The van der Waals surface area contributed by atoms with Gasteiger partial charge in [0.15, 0.2) is 0 Å². The summed E-state index contributed by atoms with van der Waals surface area (Å²) in [5.74, 6) is -0.0149. The Labute approximate surface area is 133 Å². The highest BCUT2D eigenvalue weighted by Crippen LogP contribution is 2.21. The Bertz CT molecular complexity index is 574. The van der Waals surface area contributed by atoms with Crippen LogP contribution in [-0.4, -0.2) is 32.7 Å². The molecule has 0 bridgehead atoms. The van der Waals surface area contributed by atoms with Gasteiger partial charge < -0.3 is 10.5 Å². The molecule has 0 unspecified atom stereocenters. The minimum atomic E-state index is -3.66. The van der Waals surface area contributed by atoms with Crippen LogP contribution in [0.25, 0.3) is 0 Å². The SMILES string of the molecule is Nc1ncc(Br)cc1S(=O)(=O)NCCOC1CCCCC1. The zero-order valence-electron chi connectivity index (χ0n) is 11.7. The smallest absolute Gasteiger partial charge is 0.244 e. The van der Waals surface area contributed by atoms with Gasteiger partial charge in [-0.05, 0) is 34.8 Å². The molecule has 118 valence electrons. The highest BCUT2D eigenvalue weighted by Gasteiger charge is 2.19. The molecule has 0 amide bonds. The van der Waals surface area contributed by atoms with E-state index < -0.39 is 10.0 Å². The monoisotopic (exact) mass is 377 g/mol. The Morgan fingerprint density at radius 3 is 2.81 bits per heavy atom. The lowest BCUT2D eigenvalue weighted by molar-refractivity contribution is 0.0321. The number of hydrogen-bond acceptors (Lipinski definition) is 5. The highest BCUT2D eigenvalue weighted by molar-refractivity contribution is 9.10. The van der Waals surface area contributed by atoms with Crippen LogP contribution < -0.4 is 10.5 Å². The molecule has 1 aliphatic rings. The Hall–Kier alpha value is -0.700. The van der Waals surface area contributed by atoms with Crippen LogP contribution in [0.3, 0.4) is 0 Å². The van der Waals surface area contributed by atoms with Gasteiger partial charge in [0.1, 0.15) is 10.7 Å². The number of nitrogens with one attached hydrogen (secondary N) is 1. The molecule has 0 saturated heterocycles. The fraction of sp³-hybridized carbons (Fsp3) is 0.615. The van der Waals surface area contributed by atoms with Crippen LogP contribution in [0.1, 0.15) is 32.1 Å². The van der Waals surface area contributed by atoms with Crippen molar-refractivity contribution >= 4 is 31.8 Å². The average molecular weight is 378 g/mol. The van der Waals surface area contributed by atoms with Gasteiger partial charge in [0.2, 0.25) is 10.0 Å². The maximum absolute atomic E-state index is 12.1. The number of nitrogens with two attached hydrogens (primary N) is 1. The summed E-state index contributed by atoms with van der Waals surface area (Å²) in [6, 6.07) is 1.44. The first kappa shape index (κ1) is 16.7. The molecular formula is C13H20BrN3O3S. The quantitative estimate of drug-likeness (QED) is 0.739. The molecule has 0 aliphatic heterocycles. The lowest BCUT2D eigenvalue weighted by Gasteiger charge is -2.22. The summed E-state index contributed by atoms with van der Waals surface area (Å²) in [4.78, 5) is 3.81. The predicted molar refractivity (Wildman–Crippen MR) is 84.4 cm³/mol. The van der Waals surface area contributed by atoms with Gasteiger partial charge in [-0.2, -0.15) is 0 Å². The first-order valence-electron chi connectivity index (χ1n) is 7.01. The number of nitrogen functional groups attached to an aromatic ring is 1. The first-order chi connectivity index (χ1) is 9.99. The average Bonchev–Trinajstić information content (AvgIpc) is 2.47. The molecule has 1 aromatic heterocycles. The van der Waals surface area contributed by atoms with E-state index in [2.05, 4.69) is 25.6 Å². The summed E-state index contributed by atoms with van der Waals surface area (Å²) in [5.41, 5.74) is 5.61. The number of ether oxygens (including phenoxy) is 1. The molecule has 0 spiro atoms. The van der Waals surface area contributed by atoms with E-state index in [9.17, 15) is 8.42 Å². The van der Waals surface area contributed by atoms with Crippen molar-refractivity contribution in [1.29, 1.82) is 0 Å². The molecule has 1 saturated carbocycles. The van der Waals surface area contributed by atoms with Crippen molar-refractivity contribution in [1.82, 2.24) is 9.71 Å². The minimum absolute atomic E-state index is 0.0149. The Balaban J connectivity index is 1.85. The number of pyridine rings is 1. The molecule has 21 heavy (non-hydrogen) atoms. The molecule has 2 rings (SSSR count). The van der Waals surface area contributed by atoms with E-state index in [1.165, 1.54) is 31.5 Å². The number of hydrogen-bond donors (Lipinski definition) is 2. The van der Waals surface area contributed by atoms with E-state index in [0.29, 0.717) is 11.1 Å². The van der Waals surface area contributed by atoms with E-state index in [1.807, 2.05) is 0 Å². The van der Waals surface area contributed by atoms with Crippen molar-refractivity contribution in [3.05, 3.63) is 16.7 Å². The third-order valence-corrected chi connectivity index (χ3v) is 5.36. The molecule has 3 N–H and O–H groups in total. The van der Waals surface area contributed by atoms with Gasteiger partial charge in [-0.15, -0.1) is 0 Å². The Kier molecular flexibility index (Phi) is 5.98. The van der Waals surface area contributed by atoms with Crippen molar-refractivity contribution in [3.63, 3.8) is 0 Å². The normalized spacial score (nSPS) is 17.0. The first-order valence-corrected chi connectivity index (χ1v) is 9.29. The summed E-state index contributed by atoms with van der Waals surface area (Å²) in [6.45, 7) is 0.593. The van der Waals surface area contributed by atoms with Crippen LogP contribution >= 0.6 is 15.9 Å². The largest absolute Gasteiger partial charge is 0.383 e. The topological polar surface area (TPSA) is 94.3 Å². The fourth-order valence-electron chi connectivity index (χ4n) is 2.36. The predicted octanol–water partition coefficient (Wildman–Crippen LogP) is 2.05. The summed E-state index contributed by atoms with van der Waals surface area (Å²) in [6.07, 6.45) is 7.50. The molecule has 6 nitrogen and oxygen atoms in total. The third kappa shape index (κ3) is 4.91. The zero-order valence-corrected chi connectivity index (χ0v) is 14.1. The second-order valence-corrected chi connectivity index (χ2v) is 7.72. The molecule has 0 radical (unpaired) electrons. The van der Waals surface area contributed by atoms with Gasteiger partial charge in [0.05, 0.1) is 12.7 Å². The standard InChI is InChI=1S/C13H20BrN3O3S/c14-10-8-12(13(15)16-9-10)21(18,19)17-6-7-20-11-4-2-1-3-5-11/h8-9,11,17H,1-7H2,(H2,15,16). The van der Waals surface area contributed by atoms with Crippen molar-refractivity contribution in [3.8, 4) is 0 Å². The molecule has 1 heterocycles. The molecule has 0 atom stereocenters. The van der Waals surface area contributed by atoms with Crippen molar-refractivity contribution < 1.29 is 13.2 Å². The second kappa shape index (κ2) is 7.53. The van der Waals surface area contributed by atoms with Crippen LogP contribution in [0.4, 0.5) is 5.82 Å². The van der Waals surface area contributed by atoms with E-state index >= 15 is 0 Å².